The Labute approximate surface area is 187 Å². The van der Waals surface area contributed by atoms with Crippen molar-refractivity contribution >= 4 is 23.2 Å². The summed E-state index contributed by atoms with van der Waals surface area (Å²) in [6.45, 7) is 14.1. The maximum atomic E-state index is 12.3. The number of fused-ring (bicyclic) bond motifs is 1. The predicted octanol–water partition coefficient (Wildman–Crippen LogP) is 3.99. The van der Waals surface area contributed by atoms with Crippen LogP contribution in [0.1, 0.15) is 78.8 Å². The molecule has 1 aromatic carbocycles. The molecule has 2 heterocycles. The van der Waals surface area contributed by atoms with Crippen molar-refractivity contribution in [3.63, 3.8) is 0 Å². The van der Waals surface area contributed by atoms with Gasteiger partial charge in [0.25, 0.3) is 0 Å². The third kappa shape index (κ3) is 5.40. The first kappa shape index (κ1) is 23.6. The Balaban J connectivity index is 1.64. The fourth-order valence-electron chi connectivity index (χ4n) is 4.79. The summed E-state index contributed by atoms with van der Waals surface area (Å²) >= 11 is 0. The molecule has 0 spiro atoms. The van der Waals surface area contributed by atoms with Gasteiger partial charge >= 0.3 is 0 Å². The van der Waals surface area contributed by atoms with Crippen LogP contribution in [-0.2, 0) is 9.59 Å². The molecule has 0 aliphatic carbocycles. The fourth-order valence-corrected chi connectivity index (χ4v) is 4.79. The number of hydrogen-bond donors (Lipinski definition) is 2. The second-order valence-corrected chi connectivity index (χ2v) is 10.6. The molecule has 2 amide bonds. The summed E-state index contributed by atoms with van der Waals surface area (Å²) in [6.07, 6.45) is 3.38. The minimum atomic E-state index is -0.0832. The number of nitrogens with zero attached hydrogens (tertiary/aromatic N) is 2. The van der Waals surface area contributed by atoms with Crippen LogP contribution < -0.4 is 20.9 Å². The molecular weight excluding hydrogens is 388 g/mol. The average molecular weight is 429 g/mol. The lowest BCUT2D eigenvalue weighted by molar-refractivity contribution is -0.122. The summed E-state index contributed by atoms with van der Waals surface area (Å²) in [6, 6.07) is 6.57. The second kappa shape index (κ2) is 9.19. The molecule has 3 N–H and O–H groups in total. The Kier molecular flexibility index (Phi) is 6.99. The highest BCUT2D eigenvalue weighted by Gasteiger charge is 2.36. The van der Waals surface area contributed by atoms with Crippen molar-refractivity contribution in [2.45, 2.75) is 85.4 Å². The van der Waals surface area contributed by atoms with Crippen LogP contribution in [0.15, 0.2) is 18.2 Å². The van der Waals surface area contributed by atoms with Crippen LogP contribution in [0.25, 0.3) is 0 Å². The lowest BCUT2D eigenvalue weighted by Gasteiger charge is -2.43. The first-order valence-corrected chi connectivity index (χ1v) is 11.7. The maximum absolute atomic E-state index is 12.3. The molecule has 6 heteroatoms. The summed E-state index contributed by atoms with van der Waals surface area (Å²) in [7, 11) is 0. The molecule has 6 nitrogen and oxygen atoms in total. The topological polar surface area (TPSA) is 78.7 Å². The van der Waals surface area contributed by atoms with Crippen molar-refractivity contribution in [3.05, 3.63) is 23.8 Å². The number of nitrogens with one attached hydrogen (secondary N) is 1. The third-order valence-corrected chi connectivity index (χ3v) is 7.03. The van der Waals surface area contributed by atoms with E-state index in [9.17, 15) is 9.59 Å². The number of piperidine rings is 1. The summed E-state index contributed by atoms with van der Waals surface area (Å²) in [5.41, 5.74) is 9.90. The Bertz CT molecular complexity index is 808. The van der Waals surface area contributed by atoms with E-state index in [1.807, 2.05) is 4.90 Å². The van der Waals surface area contributed by atoms with Gasteiger partial charge in [-0.1, -0.05) is 27.7 Å². The highest BCUT2D eigenvalue weighted by molar-refractivity contribution is 5.94. The smallest absolute Gasteiger partial charge is 0.224 e. The predicted molar refractivity (Wildman–Crippen MR) is 127 cm³/mol. The molecule has 1 saturated heterocycles. The molecule has 3 rings (SSSR count). The van der Waals surface area contributed by atoms with Gasteiger partial charge in [0.15, 0.2) is 0 Å². The fraction of sp³-hybridized carbons (Fsp3) is 0.680. The van der Waals surface area contributed by atoms with Gasteiger partial charge in [-0.2, -0.15) is 0 Å². The van der Waals surface area contributed by atoms with Gasteiger partial charge in [-0.15, -0.1) is 0 Å². The van der Waals surface area contributed by atoms with E-state index in [0.29, 0.717) is 6.42 Å². The standard InChI is InChI=1S/C25H40N4O2/c1-16-17(2)29(18(3)30)22-8-7-20(15-21(22)24(16)26)28-13-10-19(11-14-28)27-23(31)9-12-25(4,5)6/h7-8,15-17,19,24H,9-14,26H2,1-6H3,(H,27,31)/t16-,17-,24+/m0/s1. The maximum Gasteiger partial charge on any atom is 0.224 e. The van der Waals surface area contributed by atoms with Crippen LogP contribution in [0.4, 0.5) is 11.4 Å². The van der Waals surface area contributed by atoms with E-state index >= 15 is 0 Å². The normalized spacial score (nSPS) is 24.7. The Morgan fingerprint density at radius 2 is 1.81 bits per heavy atom. The average Bonchev–Trinajstić information content (AvgIpc) is 2.70. The molecule has 0 bridgehead atoms. The van der Waals surface area contributed by atoms with Crippen molar-refractivity contribution in [1.29, 1.82) is 0 Å². The zero-order valence-electron chi connectivity index (χ0n) is 20.1. The van der Waals surface area contributed by atoms with Crippen LogP contribution in [0.3, 0.4) is 0 Å². The van der Waals surface area contributed by atoms with Gasteiger partial charge in [0.2, 0.25) is 11.8 Å². The van der Waals surface area contributed by atoms with Crippen molar-refractivity contribution in [2.75, 3.05) is 22.9 Å². The first-order chi connectivity index (χ1) is 14.5. The number of anilines is 2. The van der Waals surface area contributed by atoms with Crippen LogP contribution in [-0.4, -0.2) is 37.0 Å². The van der Waals surface area contributed by atoms with Crippen LogP contribution in [0, 0.1) is 11.3 Å². The van der Waals surface area contributed by atoms with Crippen molar-refractivity contribution in [3.8, 4) is 0 Å². The molecule has 172 valence electrons. The van der Waals surface area contributed by atoms with Gasteiger partial charge in [-0.25, -0.2) is 0 Å². The van der Waals surface area contributed by atoms with Gasteiger partial charge in [0, 0.05) is 55.9 Å². The largest absolute Gasteiger partial charge is 0.371 e. The zero-order valence-corrected chi connectivity index (χ0v) is 20.1. The summed E-state index contributed by atoms with van der Waals surface area (Å²) in [4.78, 5) is 28.8. The molecule has 0 saturated carbocycles. The van der Waals surface area contributed by atoms with E-state index in [1.54, 1.807) is 6.92 Å². The highest BCUT2D eigenvalue weighted by atomic mass is 16.2. The molecule has 31 heavy (non-hydrogen) atoms. The zero-order chi connectivity index (χ0) is 22.9. The number of benzene rings is 1. The minimum Gasteiger partial charge on any atom is -0.371 e. The van der Waals surface area contributed by atoms with E-state index in [-0.39, 0.29) is 41.3 Å². The van der Waals surface area contributed by atoms with E-state index in [2.05, 4.69) is 63.0 Å². The molecule has 0 aromatic heterocycles. The van der Waals surface area contributed by atoms with E-state index in [0.717, 1.165) is 49.3 Å². The molecule has 3 atom stereocenters. The lowest BCUT2D eigenvalue weighted by Crippen LogP contribution is -2.49. The molecule has 0 radical (unpaired) electrons. The summed E-state index contributed by atoms with van der Waals surface area (Å²) in [5, 5.41) is 3.22. The van der Waals surface area contributed by atoms with Gasteiger partial charge in [-0.05, 0) is 61.3 Å². The van der Waals surface area contributed by atoms with Gasteiger partial charge in [0.05, 0.1) is 0 Å². The minimum absolute atomic E-state index is 0.0586. The number of amides is 2. The van der Waals surface area contributed by atoms with Gasteiger partial charge in [0.1, 0.15) is 0 Å². The highest BCUT2D eigenvalue weighted by Crippen LogP contribution is 2.41. The third-order valence-electron chi connectivity index (χ3n) is 7.03. The molecular formula is C25H40N4O2. The lowest BCUT2D eigenvalue weighted by atomic mass is 9.83. The Morgan fingerprint density at radius 3 is 2.39 bits per heavy atom. The molecule has 2 aliphatic heterocycles. The van der Waals surface area contributed by atoms with E-state index in [1.165, 1.54) is 0 Å². The van der Waals surface area contributed by atoms with E-state index < -0.39 is 0 Å². The monoisotopic (exact) mass is 428 g/mol. The van der Waals surface area contributed by atoms with E-state index in [4.69, 9.17) is 5.73 Å². The quantitative estimate of drug-likeness (QED) is 0.760. The molecule has 1 fully saturated rings. The number of carbonyl (C=O) groups is 2. The van der Waals surface area contributed by atoms with Gasteiger partial charge < -0.3 is 20.9 Å². The number of hydrogen-bond acceptors (Lipinski definition) is 4. The summed E-state index contributed by atoms with van der Waals surface area (Å²) in [5.74, 6) is 0.421. The summed E-state index contributed by atoms with van der Waals surface area (Å²) < 4.78 is 0. The van der Waals surface area contributed by atoms with Crippen molar-refractivity contribution < 1.29 is 9.59 Å². The molecule has 2 aliphatic rings. The van der Waals surface area contributed by atoms with Crippen molar-refractivity contribution in [1.82, 2.24) is 5.32 Å². The SMILES string of the molecule is CC(=O)N1c2ccc(N3CCC(NC(=O)CCC(C)(C)C)CC3)cc2[C@H](N)[C@@H](C)[C@@H]1C. The Hall–Kier alpha value is -2.08. The van der Waals surface area contributed by atoms with Crippen LogP contribution >= 0.6 is 0 Å². The number of carbonyl (C=O) groups excluding carboxylic acids is 2. The van der Waals surface area contributed by atoms with Crippen molar-refractivity contribution in [2.24, 2.45) is 17.1 Å². The Morgan fingerprint density at radius 1 is 1.16 bits per heavy atom. The number of rotatable bonds is 4. The van der Waals surface area contributed by atoms with Crippen LogP contribution in [0.2, 0.25) is 0 Å². The van der Waals surface area contributed by atoms with Crippen LogP contribution in [0.5, 0.6) is 0 Å². The molecule has 0 unspecified atom stereocenters. The first-order valence-electron chi connectivity index (χ1n) is 11.7. The number of nitrogens with two attached hydrogens (primary N) is 1. The molecule has 1 aromatic rings. The van der Waals surface area contributed by atoms with Gasteiger partial charge in [-0.3, -0.25) is 9.59 Å². The second-order valence-electron chi connectivity index (χ2n) is 10.6.